The van der Waals surface area contributed by atoms with Crippen LogP contribution in [-0.2, 0) is 9.59 Å². The Morgan fingerprint density at radius 1 is 1.16 bits per heavy atom. The number of carbonyl (C=O) groups is 2. The number of hydrogen-bond donors (Lipinski definition) is 1. The van der Waals surface area contributed by atoms with E-state index >= 15 is 0 Å². The van der Waals surface area contributed by atoms with Crippen LogP contribution < -0.4 is 0 Å². The van der Waals surface area contributed by atoms with Crippen molar-refractivity contribution in [2.45, 2.75) is 52.9 Å². The molecule has 1 saturated carbocycles. The fourth-order valence-electron chi connectivity index (χ4n) is 3.03. The summed E-state index contributed by atoms with van der Waals surface area (Å²) < 4.78 is 0. The molecular weight excluding hydrogens is 242 g/mol. The molecule has 4 heteroatoms. The summed E-state index contributed by atoms with van der Waals surface area (Å²) in [5.74, 6) is -1.15. The molecule has 19 heavy (non-hydrogen) atoms. The van der Waals surface area contributed by atoms with Gasteiger partial charge in [-0.25, -0.2) is 0 Å². The molecule has 110 valence electrons. The number of unbranched alkanes of at least 4 members (excludes halogenated alkanes) is 1. The van der Waals surface area contributed by atoms with Gasteiger partial charge in [0.1, 0.15) is 0 Å². The number of aliphatic carboxylic acids is 1. The number of rotatable bonds is 7. The second-order valence-electron chi connectivity index (χ2n) is 5.57. The van der Waals surface area contributed by atoms with Gasteiger partial charge in [0, 0.05) is 13.1 Å². The Morgan fingerprint density at radius 3 is 2.26 bits per heavy atom. The maximum Gasteiger partial charge on any atom is 0.307 e. The van der Waals surface area contributed by atoms with Crippen molar-refractivity contribution in [3.63, 3.8) is 0 Å². The molecule has 1 fully saturated rings. The van der Waals surface area contributed by atoms with Crippen LogP contribution in [0.3, 0.4) is 0 Å². The quantitative estimate of drug-likeness (QED) is 0.773. The van der Waals surface area contributed by atoms with Gasteiger partial charge in [-0.2, -0.15) is 0 Å². The topological polar surface area (TPSA) is 57.6 Å². The molecule has 3 unspecified atom stereocenters. The number of carbonyl (C=O) groups excluding carboxylic acids is 1. The minimum Gasteiger partial charge on any atom is -0.481 e. The Hall–Kier alpha value is -1.06. The van der Waals surface area contributed by atoms with Crippen LogP contribution in [0.2, 0.25) is 0 Å². The largest absolute Gasteiger partial charge is 0.481 e. The van der Waals surface area contributed by atoms with Gasteiger partial charge in [0.25, 0.3) is 0 Å². The summed E-state index contributed by atoms with van der Waals surface area (Å²) in [7, 11) is 0. The molecule has 0 aliphatic heterocycles. The predicted octanol–water partition coefficient (Wildman–Crippen LogP) is 2.77. The van der Waals surface area contributed by atoms with E-state index in [0.717, 1.165) is 32.2 Å². The lowest BCUT2D eigenvalue weighted by atomic mass is 9.94. The summed E-state index contributed by atoms with van der Waals surface area (Å²) in [5, 5.41) is 9.31. The van der Waals surface area contributed by atoms with Gasteiger partial charge in [0.2, 0.25) is 5.91 Å². The molecule has 0 heterocycles. The molecule has 0 bridgehead atoms. The summed E-state index contributed by atoms with van der Waals surface area (Å²) in [6, 6.07) is 0. The van der Waals surface area contributed by atoms with Crippen LogP contribution in [0.4, 0.5) is 0 Å². The Labute approximate surface area is 116 Å². The number of amides is 1. The van der Waals surface area contributed by atoms with Gasteiger partial charge in [0.05, 0.1) is 11.8 Å². The summed E-state index contributed by atoms with van der Waals surface area (Å²) in [6.07, 6.45) is 4.41. The average molecular weight is 269 g/mol. The number of hydrogen-bond acceptors (Lipinski definition) is 2. The van der Waals surface area contributed by atoms with Crippen LogP contribution in [0, 0.1) is 17.8 Å². The van der Waals surface area contributed by atoms with Crippen molar-refractivity contribution in [1.82, 2.24) is 4.90 Å². The SMILES string of the molecule is CCCCN(CC)C(=O)C1CC(CC)CC1C(=O)O. The average Bonchev–Trinajstić information content (AvgIpc) is 2.83. The van der Waals surface area contributed by atoms with E-state index in [1.807, 2.05) is 11.8 Å². The highest BCUT2D eigenvalue weighted by molar-refractivity contribution is 5.85. The van der Waals surface area contributed by atoms with Crippen molar-refractivity contribution in [1.29, 1.82) is 0 Å². The number of nitrogens with zero attached hydrogens (tertiary/aromatic N) is 1. The highest BCUT2D eigenvalue weighted by atomic mass is 16.4. The van der Waals surface area contributed by atoms with E-state index in [-0.39, 0.29) is 11.8 Å². The van der Waals surface area contributed by atoms with E-state index in [0.29, 0.717) is 18.9 Å². The van der Waals surface area contributed by atoms with Crippen molar-refractivity contribution in [3.05, 3.63) is 0 Å². The van der Waals surface area contributed by atoms with Gasteiger partial charge in [0.15, 0.2) is 0 Å². The lowest BCUT2D eigenvalue weighted by molar-refractivity contribution is -0.149. The van der Waals surface area contributed by atoms with Gasteiger partial charge in [-0.3, -0.25) is 9.59 Å². The summed E-state index contributed by atoms with van der Waals surface area (Å²) in [5.41, 5.74) is 0. The molecule has 1 aliphatic carbocycles. The lowest BCUT2D eigenvalue weighted by Gasteiger charge is -2.26. The first-order valence-corrected chi connectivity index (χ1v) is 7.56. The summed E-state index contributed by atoms with van der Waals surface area (Å²) >= 11 is 0. The van der Waals surface area contributed by atoms with E-state index in [1.165, 1.54) is 0 Å². The molecule has 0 aromatic carbocycles. The molecule has 1 aliphatic rings. The van der Waals surface area contributed by atoms with E-state index in [1.54, 1.807) is 0 Å². The highest BCUT2D eigenvalue weighted by Crippen LogP contribution is 2.39. The highest BCUT2D eigenvalue weighted by Gasteiger charge is 2.43. The Morgan fingerprint density at radius 2 is 1.79 bits per heavy atom. The second kappa shape index (κ2) is 7.51. The molecule has 0 radical (unpaired) electrons. The predicted molar refractivity (Wildman–Crippen MR) is 74.8 cm³/mol. The molecule has 3 atom stereocenters. The van der Waals surface area contributed by atoms with E-state index in [2.05, 4.69) is 13.8 Å². The fourth-order valence-corrected chi connectivity index (χ4v) is 3.03. The van der Waals surface area contributed by atoms with Crippen LogP contribution >= 0.6 is 0 Å². The third-order valence-corrected chi connectivity index (χ3v) is 4.35. The zero-order chi connectivity index (χ0) is 14.4. The van der Waals surface area contributed by atoms with E-state index in [9.17, 15) is 14.7 Å². The molecule has 1 rings (SSSR count). The summed E-state index contributed by atoms with van der Waals surface area (Å²) in [6.45, 7) is 7.58. The minimum atomic E-state index is -0.805. The fraction of sp³-hybridized carbons (Fsp3) is 0.867. The molecule has 4 nitrogen and oxygen atoms in total. The standard InChI is InChI=1S/C15H27NO3/c1-4-7-8-16(6-3)14(17)12-9-11(5-2)10-13(12)15(18)19/h11-13H,4-10H2,1-3H3,(H,18,19). The zero-order valence-electron chi connectivity index (χ0n) is 12.4. The van der Waals surface area contributed by atoms with E-state index in [4.69, 9.17) is 0 Å². The van der Waals surface area contributed by atoms with Gasteiger partial charge in [-0.1, -0.05) is 26.7 Å². The van der Waals surface area contributed by atoms with Crippen LogP contribution in [0.5, 0.6) is 0 Å². The molecule has 0 saturated heterocycles. The van der Waals surface area contributed by atoms with Gasteiger partial charge < -0.3 is 10.0 Å². The first-order valence-electron chi connectivity index (χ1n) is 7.56. The first kappa shape index (κ1) is 16.0. The van der Waals surface area contributed by atoms with Crippen LogP contribution in [-0.4, -0.2) is 35.0 Å². The lowest BCUT2D eigenvalue weighted by Crippen LogP contribution is -2.39. The molecule has 0 aromatic heterocycles. The molecule has 1 N–H and O–H groups in total. The minimum absolute atomic E-state index is 0.0549. The number of carboxylic acids is 1. The Balaban J connectivity index is 2.74. The third kappa shape index (κ3) is 3.95. The van der Waals surface area contributed by atoms with Crippen LogP contribution in [0.25, 0.3) is 0 Å². The van der Waals surface area contributed by atoms with Gasteiger partial charge in [-0.05, 0) is 32.1 Å². The third-order valence-electron chi connectivity index (χ3n) is 4.35. The Bertz CT molecular complexity index is 317. The molecule has 0 aromatic rings. The van der Waals surface area contributed by atoms with Crippen molar-refractivity contribution in [2.24, 2.45) is 17.8 Å². The molecular formula is C15H27NO3. The monoisotopic (exact) mass is 269 g/mol. The first-order chi connectivity index (χ1) is 9.04. The van der Waals surface area contributed by atoms with Gasteiger partial charge in [-0.15, -0.1) is 0 Å². The normalized spacial score (nSPS) is 26.4. The smallest absolute Gasteiger partial charge is 0.307 e. The molecule has 1 amide bonds. The second-order valence-corrected chi connectivity index (χ2v) is 5.57. The number of carboxylic acid groups (broad SMARTS) is 1. The maximum atomic E-state index is 12.5. The summed E-state index contributed by atoms with van der Waals surface area (Å²) in [4.78, 5) is 25.7. The van der Waals surface area contributed by atoms with E-state index < -0.39 is 11.9 Å². The maximum absolute atomic E-state index is 12.5. The van der Waals surface area contributed by atoms with Crippen molar-refractivity contribution < 1.29 is 14.7 Å². The van der Waals surface area contributed by atoms with Crippen molar-refractivity contribution >= 4 is 11.9 Å². The van der Waals surface area contributed by atoms with Crippen molar-refractivity contribution in [2.75, 3.05) is 13.1 Å². The van der Waals surface area contributed by atoms with Crippen LogP contribution in [0.15, 0.2) is 0 Å². The van der Waals surface area contributed by atoms with Crippen LogP contribution in [0.1, 0.15) is 52.9 Å². The van der Waals surface area contributed by atoms with Gasteiger partial charge >= 0.3 is 5.97 Å². The zero-order valence-corrected chi connectivity index (χ0v) is 12.4. The Kier molecular flexibility index (Phi) is 6.32. The molecule has 0 spiro atoms. The van der Waals surface area contributed by atoms with Crippen molar-refractivity contribution in [3.8, 4) is 0 Å².